The molecule has 0 bridgehead atoms. The van der Waals surface area contributed by atoms with E-state index in [0.717, 1.165) is 6.61 Å². The summed E-state index contributed by atoms with van der Waals surface area (Å²) in [5, 5.41) is 0. The van der Waals surface area contributed by atoms with Crippen molar-refractivity contribution in [1.29, 1.82) is 0 Å². The van der Waals surface area contributed by atoms with E-state index >= 15 is 0 Å². The zero-order valence-electron chi connectivity index (χ0n) is 13.6. The summed E-state index contributed by atoms with van der Waals surface area (Å²) < 4.78 is 5.33. The van der Waals surface area contributed by atoms with Crippen molar-refractivity contribution in [3.8, 4) is 0 Å². The van der Waals surface area contributed by atoms with Crippen molar-refractivity contribution in [3.63, 3.8) is 0 Å². The molecule has 1 atom stereocenters. The maximum atomic E-state index is 5.33. The molecule has 2 rings (SSSR count). The van der Waals surface area contributed by atoms with Gasteiger partial charge in [0.2, 0.25) is 0 Å². The second-order valence-electron chi connectivity index (χ2n) is 7.14. The summed E-state index contributed by atoms with van der Waals surface area (Å²) in [5.74, 6) is 0. The van der Waals surface area contributed by atoms with Crippen molar-refractivity contribution in [2.24, 2.45) is 5.41 Å². The van der Waals surface area contributed by atoms with Crippen LogP contribution in [-0.4, -0.2) is 12.2 Å². The molecule has 1 heterocycles. The third-order valence-corrected chi connectivity index (χ3v) is 4.46. The summed E-state index contributed by atoms with van der Waals surface area (Å²) in [4.78, 5) is 0. The number of hydrogen-bond acceptors (Lipinski definition) is 1. The fourth-order valence-corrected chi connectivity index (χ4v) is 2.89. The molecule has 0 amide bonds. The summed E-state index contributed by atoms with van der Waals surface area (Å²) in [6.07, 6.45) is 14.8. The Balaban J connectivity index is 2.04. The molecule has 1 aliphatic carbocycles. The lowest BCUT2D eigenvalue weighted by atomic mass is 9.72. The Bertz CT molecular complexity index is 482. The van der Waals surface area contributed by atoms with Crippen molar-refractivity contribution in [2.75, 3.05) is 6.61 Å². The highest BCUT2D eigenvalue weighted by molar-refractivity contribution is 5.36. The Morgan fingerprint density at radius 3 is 2.55 bits per heavy atom. The first-order valence-electron chi connectivity index (χ1n) is 7.71. The molecule has 1 nitrogen and oxygen atoms in total. The molecule has 2 aliphatic rings. The largest absolute Gasteiger partial charge is 0.365 e. The molecular formula is C19H28O. The zero-order valence-corrected chi connectivity index (χ0v) is 13.6. The molecule has 0 aromatic heterocycles. The second-order valence-corrected chi connectivity index (χ2v) is 7.14. The fourth-order valence-electron chi connectivity index (χ4n) is 2.89. The van der Waals surface area contributed by atoms with Crippen LogP contribution in [0.3, 0.4) is 0 Å². The topological polar surface area (TPSA) is 12.5 Å². The highest BCUT2D eigenvalue weighted by Gasteiger charge is 2.35. The van der Waals surface area contributed by atoms with E-state index in [2.05, 4.69) is 65.0 Å². The molecule has 0 aromatic rings. The number of ether oxygens (including phenoxy) is 1. The molecule has 0 N–H and O–H groups in total. The van der Waals surface area contributed by atoms with Gasteiger partial charge in [0.05, 0.1) is 6.61 Å². The van der Waals surface area contributed by atoms with Gasteiger partial charge in [0.25, 0.3) is 0 Å². The Labute approximate surface area is 124 Å². The van der Waals surface area contributed by atoms with E-state index in [0.29, 0.717) is 5.41 Å². The first-order valence-corrected chi connectivity index (χ1v) is 7.71. The normalized spacial score (nSPS) is 30.6. The van der Waals surface area contributed by atoms with E-state index in [4.69, 9.17) is 4.74 Å². The van der Waals surface area contributed by atoms with Gasteiger partial charge in [-0.2, -0.15) is 0 Å². The summed E-state index contributed by atoms with van der Waals surface area (Å²) in [6, 6.07) is 0. The van der Waals surface area contributed by atoms with E-state index in [9.17, 15) is 0 Å². The fraction of sp³-hybridized carbons (Fsp3) is 0.579. The predicted octanol–water partition coefficient (Wildman–Crippen LogP) is 5.36. The Hall–Kier alpha value is -1.08. The van der Waals surface area contributed by atoms with Crippen molar-refractivity contribution in [2.45, 2.75) is 59.5 Å². The Morgan fingerprint density at radius 1 is 1.25 bits per heavy atom. The maximum Gasteiger partial charge on any atom is 0.107 e. The average Bonchev–Trinajstić information content (AvgIpc) is 3.06. The van der Waals surface area contributed by atoms with Crippen LogP contribution in [0.4, 0.5) is 0 Å². The first-order chi connectivity index (χ1) is 9.32. The summed E-state index contributed by atoms with van der Waals surface area (Å²) in [7, 11) is 0. The van der Waals surface area contributed by atoms with Crippen LogP contribution in [0.1, 0.15) is 53.9 Å². The van der Waals surface area contributed by atoms with Crippen LogP contribution in [0.15, 0.2) is 47.1 Å². The summed E-state index contributed by atoms with van der Waals surface area (Å²) in [5.41, 5.74) is 4.69. The predicted molar refractivity (Wildman–Crippen MR) is 86.7 cm³/mol. The Kier molecular flexibility index (Phi) is 4.39. The van der Waals surface area contributed by atoms with Gasteiger partial charge in [0, 0.05) is 0 Å². The molecule has 1 unspecified atom stereocenters. The van der Waals surface area contributed by atoms with Crippen LogP contribution in [-0.2, 0) is 4.74 Å². The van der Waals surface area contributed by atoms with Gasteiger partial charge in [-0.25, -0.2) is 0 Å². The summed E-state index contributed by atoms with van der Waals surface area (Å²) in [6.45, 7) is 12.1. The molecule has 110 valence electrons. The van der Waals surface area contributed by atoms with Crippen LogP contribution in [0.25, 0.3) is 0 Å². The quantitative estimate of drug-likeness (QED) is 0.495. The standard InChI is InChI=1S/C19H28O/c1-15(8-6-13-19(5)14-20-19)10-11-17-16(2)9-7-12-18(17,3)4/h6,8,10-11,13H,7,9,12,14H2,1-5H3/b11-10+,13-6+,15-8+. The van der Waals surface area contributed by atoms with Gasteiger partial charge in [-0.05, 0) is 51.0 Å². The maximum absolute atomic E-state index is 5.33. The monoisotopic (exact) mass is 272 g/mol. The van der Waals surface area contributed by atoms with Gasteiger partial charge < -0.3 is 4.74 Å². The van der Waals surface area contributed by atoms with Gasteiger partial charge >= 0.3 is 0 Å². The lowest BCUT2D eigenvalue weighted by molar-refractivity contribution is 0.370. The number of epoxide rings is 1. The van der Waals surface area contributed by atoms with E-state index in [-0.39, 0.29) is 5.60 Å². The third kappa shape index (κ3) is 3.96. The molecule has 0 saturated carbocycles. The molecule has 1 aliphatic heterocycles. The molecule has 0 spiro atoms. The second kappa shape index (κ2) is 5.73. The lowest BCUT2D eigenvalue weighted by Crippen LogP contribution is -2.19. The third-order valence-electron chi connectivity index (χ3n) is 4.46. The smallest absolute Gasteiger partial charge is 0.107 e. The highest BCUT2D eigenvalue weighted by Crippen LogP contribution is 2.40. The minimum atomic E-state index is 0.00493. The zero-order chi connectivity index (χ0) is 14.8. The SMILES string of the molecule is CC1=C(/C=C/C(C)=C/C=C/C2(C)CO2)C(C)(C)CCC1. The van der Waals surface area contributed by atoms with Crippen molar-refractivity contribution < 1.29 is 4.74 Å². The van der Waals surface area contributed by atoms with E-state index in [1.807, 2.05) is 0 Å². The average molecular weight is 272 g/mol. The minimum absolute atomic E-state index is 0.00493. The Morgan fingerprint density at radius 2 is 1.95 bits per heavy atom. The van der Waals surface area contributed by atoms with E-state index in [1.54, 1.807) is 5.57 Å². The van der Waals surface area contributed by atoms with Crippen molar-refractivity contribution in [1.82, 2.24) is 0 Å². The van der Waals surface area contributed by atoms with Crippen molar-refractivity contribution >= 4 is 0 Å². The van der Waals surface area contributed by atoms with Crippen molar-refractivity contribution in [3.05, 3.63) is 47.1 Å². The van der Waals surface area contributed by atoms with Gasteiger partial charge in [0.1, 0.15) is 5.60 Å². The van der Waals surface area contributed by atoms with Crippen LogP contribution in [0.5, 0.6) is 0 Å². The van der Waals surface area contributed by atoms with Crippen LogP contribution in [0.2, 0.25) is 0 Å². The van der Waals surface area contributed by atoms with E-state index in [1.165, 1.54) is 30.4 Å². The number of allylic oxidation sites excluding steroid dienone is 7. The molecule has 1 heteroatoms. The highest BCUT2D eigenvalue weighted by atomic mass is 16.6. The molecule has 0 aromatic carbocycles. The molecule has 1 fully saturated rings. The van der Waals surface area contributed by atoms with Gasteiger partial charge in [-0.15, -0.1) is 0 Å². The van der Waals surface area contributed by atoms with Crippen LogP contribution in [0, 0.1) is 5.41 Å². The van der Waals surface area contributed by atoms with Crippen LogP contribution >= 0.6 is 0 Å². The lowest BCUT2D eigenvalue weighted by Gasteiger charge is -2.32. The summed E-state index contributed by atoms with van der Waals surface area (Å²) >= 11 is 0. The van der Waals surface area contributed by atoms with Gasteiger partial charge in [-0.1, -0.05) is 55.4 Å². The minimum Gasteiger partial charge on any atom is -0.365 e. The van der Waals surface area contributed by atoms with E-state index < -0.39 is 0 Å². The van der Waals surface area contributed by atoms with Gasteiger partial charge in [0.15, 0.2) is 0 Å². The first kappa shape index (κ1) is 15.3. The number of rotatable bonds is 4. The molecular weight excluding hydrogens is 244 g/mol. The van der Waals surface area contributed by atoms with Crippen LogP contribution < -0.4 is 0 Å². The molecule has 0 radical (unpaired) electrons. The van der Waals surface area contributed by atoms with Gasteiger partial charge in [-0.3, -0.25) is 0 Å². The number of hydrogen-bond donors (Lipinski definition) is 0. The molecule has 1 saturated heterocycles. The molecule has 20 heavy (non-hydrogen) atoms.